The van der Waals surface area contributed by atoms with Crippen LogP contribution in [0.5, 0.6) is 0 Å². The number of fused-ring (bicyclic) bond motifs is 1. The Kier molecular flexibility index (Phi) is 3.62. The zero-order chi connectivity index (χ0) is 15.0. The standard InChI is InChI=1S/C16H11Cl2NO2/c17-10-4-1-3-9(7-10)15-12(8-14(20)21)11-5-2-6-13(18)16(11)19-15/h1-7,19H,8H2,(H,20,21). The van der Waals surface area contributed by atoms with E-state index >= 15 is 0 Å². The van der Waals surface area contributed by atoms with E-state index in [9.17, 15) is 4.79 Å². The molecule has 0 bridgehead atoms. The Labute approximate surface area is 131 Å². The first-order valence-corrected chi connectivity index (χ1v) is 7.08. The van der Waals surface area contributed by atoms with Gasteiger partial charge in [0.2, 0.25) is 0 Å². The van der Waals surface area contributed by atoms with E-state index in [1.165, 1.54) is 0 Å². The lowest BCUT2D eigenvalue weighted by molar-refractivity contribution is -0.136. The number of hydrogen-bond donors (Lipinski definition) is 2. The molecule has 5 heteroatoms. The third-order valence-electron chi connectivity index (χ3n) is 3.33. The molecule has 3 rings (SSSR count). The zero-order valence-corrected chi connectivity index (χ0v) is 12.4. The first-order chi connectivity index (χ1) is 10.1. The molecule has 0 amide bonds. The SMILES string of the molecule is O=C(O)Cc1c(-c2cccc(Cl)c2)[nH]c2c(Cl)cccc12. The molecule has 0 radical (unpaired) electrons. The molecule has 21 heavy (non-hydrogen) atoms. The van der Waals surface area contributed by atoms with Crippen LogP contribution in [0.1, 0.15) is 5.56 Å². The molecule has 1 heterocycles. The number of para-hydroxylation sites is 1. The van der Waals surface area contributed by atoms with E-state index < -0.39 is 5.97 Å². The fraction of sp³-hybridized carbons (Fsp3) is 0.0625. The number of aromatic amines is 1. The Bertz CT molecular complexity index is 839. The Morgan fingerprint density at radius 2 is 1.90 bits per heavy atom. The van der Waals surface area contributed by atoms with Crippen molar-refractivity contribution in [3.8, 4) is 11.3 Å². The number of benzene rings is 2. The van der Waals surface area contributed by atoms with Gasteiger partial charge in [0, 0.05) is 10.4 Å². The summed E-state index contributed by atoms with van der Waals surface area (Å²) in [6.45, 7) is 0. The van der Waals surface area contributed by atoms with E-state index in [0.717, 1.165) is 22.2 Å². The number of carbonyl (C=O) groups is 1. The summed E-state index contributed by atoms with van der Waals surface area (Å²) in [6, 6.07) is 12.7. The molecular weight excluding hydrogens is 309 g/mol. The molecule has 0 aliphatic carbocycles. The minimum absolute atomic E-state index is 0.0812. The van der Waals surface area contributed by atoms with E-state index in [2.05, 4.69) is 4.98 Å². The maximum absolute atomic E-state index is 11.2. The van der Waals surface area contributed by atoms with Gasteiger partial charge in [-0.1, -0.05) is 47.5 Å². The van der Waals surface area contributed by atoms with Crippen molar-refractivity contribution in [2.24, 2.45) is 0 Å². The summed E-state index contributed by atoms with van der Waals surface area (Å²) in [5, 5.41) is 11.1. The second-order valence-corrected chi connectivity index (χ2v) is 5.57. The van der Waals surface area contributed by atoms with E-state index in [0.29, 0.717) is 15.6 Å². The van der Waals surface area contributed by atoms with Crippen molar-refractivity contribution in [3.63, 3.8) is 0 Å². The van der Waals surface area contributed by atoms with Crippen LogP contribution in [0.25, 0.3) is 22.2 Å². The van der Waals surface area contributed by atoms with Crippen molar-refractivity contribution < 1.29 is 9.90 Å². The average Bonchev–Trinajstić information content (AvgIpc) is 2.79. The van der Waals surface area contributed by atoms with Crippen molar-refractivity contribution in [2.75, 3.05) is 0 Å². The predicted molar refractivity (Wildman–Crippen MR) is 85.1 cm³/mol. The number of carboxylic acids is 1. The highest BCUT2D eigenvalue weighted by atomic mass is 35.5. The number of hydrogen-bond acceptors (Lipinski definition) is 1. The van der Waals surface area contributed by atoms with E-state index in [-0.39, 0.29) is 6.42 Å². The van der Waals surface area contributed by atoms with Gasteiger partial charge in [-0.05, 0) is 29.3 Å². The van der Waals surface area contributed by atoms with Crippen molar-refractivity contribution in [1.29, 1.82) is 0 Å². The summed E-state index contributed by atoms with van der Waals surface area (Å²) in [6.07, 6.45) is -0.0812. The van der Waals surface area contributed by atoms with Crippen LogP contribution in [0.2, 0.25) is 10.0 Å². The number of nitrogens with one attached hydrogen (secondary N) is 1. The molecule has 0 unspecified atom stereocenters. The Morgan fingerprint density at radius 3 is 2.62 bits per heavy atom. The second kappa shape index (κ2) is 5.43. The molecule has 3 nitrogen and oxygen atoms in total. The Balaban J connectivity index is 2.30. The first-order valence-electron chi connectivity index (χ1n) is 6.33. The first kappa shape index (κ1) is 14.0. The molecule has 0 aliphatic heterocycles. The number of carboxylic acid groups (broad SMARTS) is 1. The lowest BCUT2D eigenvalue weighted by atomic mass is 10.0. The summed E-state index contributed by atoms with van der Waals surface area (Å²) in [5.41, 5.74) is 3.03. The molecular formula is C16H11Cl2NO2. The van der Waals surface area contributed by atoms with Crippen LogP contribution in [0.3, 0.4) is 0 Å². The molecule has 0 spiro atoms. The Hall–Kier alpha value is -1.97. The third kappa shape index (κ3) is 2.62. The van der Waals surface area contributed by atoms with Gasteiger partial charge in [0.05, 0.1) is 22.7 Å². The maximum Gasteiger partial charge on any atom is 0.307 e. The molecule has 0 atom stereocenters. The monoisotopic (exact) mass is 319 g/mol. The van der Waals surface area contributed by atoms with Gasteiger partial charge in [0.25, 0.3) is 0 Å². The lowest BCUT2D eigenvalue weighted by Crippen LogP contribution is -2.00. The summed E-state index contributed by atoms with van der Waals surface area (Å²) in [7, 11) is 0. The van der Waals surface area contributed by atoms with Crippen molar-refractivity contribution in [1.82, 2.24) is 4.98 Å². The fourth-order valence-electron chi connectivity index (χ4n) is 2.46. The van der Waals surface area contributed by atoms with Gasteiger partial charge in [-0.25, -0.2) is 0 Å². The molecule has 0 saturated carbocycles. The highest BCUT2D eigenvalue weighted by molar-refractivity contribution is 6.35. The second-order valence-electron chi connectivity index (χ2n) is 4.72. The molecule has 106 valence electrons. The topological polar surface area (TPSA) is 53.1 Å². The van der Waals surface area contributed by atoms with Crippen molar-refractivity contribution >= 4 is 40.1 Å². The maximum atomic E-state index is 11.2. The molecule has 2 N–H and O–H groups in total. The number of aromatic nitrogens is 1. The summed E-state index contributed by atoms with van der Waals surface area (Å²) in [4.78, 5) is 14.4. The number of aliphatic carboxylic acids is 1. The van der Waals surface area contributed by atoms with Crippen LogP contribution in [0.4, 0.5) is 0 Å². The van der Waals surface area contributed by atoms with Crippen LogP contribution in [-0.2, 0) is 11.2 Å². The van der Waals surface area contributed by atoms with Gasteiger partial charge in [-0.15, -0.1) is 0 Å². The summed E-state index contributed by atoms with van der Waals surface area (Å²) in [5.74, 6) is -0.890. The van der Waals surface area contributed by atoms with E-state index in [1.54, 1.807) is 18.2 Å². The van der Waals surface area contributed by atoms with Crippen LogP contribution >= 0.6 is 23.2 Å². The van der Waals surface area contributed by atoms with Crippen LogP contribution in [-0.4, -0.2) is 16.1 Å². The van der Waals surface area contributed by atoms with Gasteiger partial charge < -0.3 is 10.1 Å². The molecule has 3 aromatic rings. The highest BCUT2D eigenvalue weighted by Gasteiger charge is 2.17. The lowest BCUT2D eigenvalue weighted by Gasteiger charge is -2.03. The molecule has 0 saturated heterocycles. The quantitative estimate of drug-likeness (QED) is 0.730. The normalized spacial score (nSPS) is 11.0. The molecule has 1 aromatic heterocycles. The van der Waals surface area contributed by atoms with Gasteiger partial charge in [-0.3, -0.25) is 4.79 Å². The summed E-state index contributed by atoms with van der Waals surface area (Å²) >= 11 is 12.2. The third-order valence-corrected chi connectivity index (χ3v) is 3.88. The fourth-order valence-corrected chi connectivity index (χ4v) is 2.88. The van der Waals surface area contributed by atoms with Crippen molar-refractivity contribution in [3.05, 3.63) is 58.1 Å². The van der Waals surface area contributed by atoms with Gasteiger partial charge in [0.1, 0.15) is 0 Å². The Morgan fingerprint density at radius 1 is 1.14 bits per heavy atom. The van der Waals surface area contributed by atoms with Crippen LogP contribution in [0.15, 0.2) is 42.5 Å². The largest absolute Gasteiger partial charge is 0.481 e. The molecule has 2 aromatic carbocycles. The molecule has 0 aliphatic rings. The van der Waals surface area contributed by atoms with Gasteiger partial charge in [-0.2, -0.15) is 0 Å². The predicted octanol–water partition coefficient (Wildman–Crippen LogP) is 4.77. The van der Waals surface area contributed by atoms with E-state index in [4.69, 9.17) is 28.3 Å². The minimum Gasteiger partial charge on any atom is -0.481 e. The number of halogens is 2. The average molecular weight is 320 g/mol. The smallest absolute Gasteiger partial charge is 0.307 e. The van der Waals surface area contributed by atoms with Gasteiger partial charge >= 0.3 is 5.97 Å². The van der Waals surface area contributed by atoms with E-state index in [1.807, 2.05) is 24.3 Å². The zero-order valence-electron chi connectivity index (χ0n) is 10.9. The molecule has 0 fully saturated rings. The number of rotatable bonds is 3. The van der Waals surface area contributed by atoms with Crippen LogP contribution in [0, 0.1) is 0 Å². The number of H-pyrrole nitrogens is 1. The van der Waals surface area contributed by atoms with Crippen LogP contribution < -0.4 is 0 Å². The minimum atomic E-state index is -0.890. The van der Waals surface area contributed by atoms with Gasteiger partial charge in [0.15, 0.2) is 0 Å². The van der Waals surface area contributed by atoms with Crippen molar-refractivity contribution in [2.45, 2.75) is 6.42 Å². The highest BCUT2D eigenvalue weighted by Crippen LogP contribution is 2.34. The summed E-state index contributed by atoms with van der Waals surface area (Å²) < 4.78 is 0.